The molecule has 0 spiro atoms. The molecule has 14 heavy (non-hydrogen) atoms. The zero-order valence-corrected chi connectivity index (χ0v) is 8.73. The number of rotatable bonds is 0. The normalized spacial score (nSPS) is 28.6. The summed E-state index contributed by atoms with van der Waals surface area (Å²) in [4.78, 5) is 0. The van der Waals surface area contributed by atoms with Crippen molar-refractivity contribution in [2.45, 2.75) is 32.1 Å². The highest BCUT2D eigenvalue weighted by atomic mass is 13.9. The summed E-state index contributed by atoms with van der Waals surface area (Å²) in [7, 11) is 0. The van der Waals surface area contributed by atoms with Crippen molar-refractivity contribution in [1.29, 1.82) is 0 Å². The molecule has 0 bridgehead atoms. The molecule has 0 fully saturated rings. The Kier molecular flexibility index (Phi) is 6.74. The molecule has 75 valence electrons. The van der Waals surface area contributed by atoms with Gasteiger partial charge in [0, 0.05) is 0 Å². The first-order chi connectivity index (χ1) is 7.00. The van der Waals surface area contributed by atoms with Gasteiger partial charge in [0.1, 0.15) is 0 Å². The standard InChI is InChI=1S/C14H19/c1-2-4-6-8-10-12-14-13-11-9-7-5-3-1/h1-4,9-13H,5-8,14H2/b3-1-,4-2+,12-10+,13-11+. The first-order valence-electron chi connectivity index (χ1n) is 5.45. The Balaban J connectivity index is 2.34. The molecular formula is C14H19. The van der Waals surface area contributed by atoms with Crippen molar-refractivity contribution < 1.29 is 0 Å². The smallest absolute Gasteiger partial charge is 0.0167 e. The summed E-state index contributed by atoms with van der Waals surface area (Å²) < 4.78 is 0. The van der Waals surface area contributed by atoms with Gasteiger partial charge in [0.15, 0.2) is 0 Å². The van der Waals surface area contributed by atoms with E-state index in [0.29, 0.717) is 0 Å². The average Bonchev–Trinajstić information content (AvgIpc) is 2.22. The maximum absolute atomic E-state index is 2.25. The summed E-state index contributed by atoms with van der Waals surface area (Å²) in [6.45, 7) is 0. The molecule has 0 heterocycles. The molecule has 0 aliphatic heterocycles. The fourth-order valence-electron chi connectivity index (χ4n) is 1.30. The highest BCUT2D eigenvalue weighted by Gasteiger charge is 1.81. The molecule has 0 atom stereocenters. The largest absolute Gasteiger partial charge is 0.0879 e. The summed E-state index contributed by atoms with van der Waals surface area (Å²) in [5.74, 6) is 0. The topological polar surface area (TPSA) is 0 Å². The van der Waals surface area contributed by atoms with E-state index in [2.05, 4.69) is 55.0 Å². The van der Waals surface area contributed by atoms with Crippen LogP contribution < -0.4 is 0 Å². The number of hydrogen-bond acceptors (Lipinski definition) is 0. The highest BCUT2D eigenvalue weighted by Crippen LogP contribution is 2.01. The van der Waals surface area contributed by atoms with Crippen LogP contribution in [0.2, 0.25) is 0 Å². The molecule has 0 heteroatoms. The second-order valence-electron chi connectivity index (χ2n) is 3.38. The van der Waals surface area contributed by atoms with Crippen molar-refractivity contribution in [3.05, 3.63) is 55.0 Å². The van der Waals surface area contributed by atoms with Gasteiger partial charge in [0.2, 0.25) is 0 Å². The monoisotopic (exact) mass is 187 g/mol. The fraction of sp³-hybridized carbons (Fsp3) is 0.357. The molecule has 0 amide bonds. The molecule has 1 rings (SSSR count). The summed E-state index contributed by atoms with van der Waals surface area (Å²) in [6, 6.07) is 0. The Morgan fingerprint density at radius 1 is 0.500 bits per heavy atom. The van der Waals surface area contributed by atoms with E-state index in [0.717, 1.165) is 32.1 Å². The third-order valence-electron chi connectivity index (χ3n) is 2.09. The van der Waals surface area contributed by atoms with Crippen molar-refractivity contribution in [3.8, 4) is 0 Å². The van der Waals surface area contributed by atoms with E-state index in [1.54, 1.807) is 0 Å². The maximum Gasteiger partial charge on any atom is -0.0167 e. The first-order valence-corrected chi connectivity index (χ1v) is 5.45. The van der Waals surface area contributed by atoms with Crippen LogP contribution in [0.15, 0.2) is 48.6 Å². The van der Waals surface area contributed by atoms with E-state index < -0.39 is 0 Å². The van der Waals surface area contributed by atoms with Crippen LogP contribution in [0.4, 0.5) is 0 Å². The van der Waals surface area contributed by atoms with Crippen LogP contribution >= 0.6 is 0 Å². The Morgan fingerprint density at radius 3 is 2.07 bits per heavy atom. The third-order valence-corrected chi connectivity index (χ3v) is 2.09. The van der Waals surface area contributed by atoms with Crippen molar-refractivity contribution >= 4 is 0 Å². The van der Waals surface area contributed by atoms with E-state index in [4.69, 9.17) is 0 Å². The fourth-order valence-corrected chi connectivity index (χ4v) is 1.30. The molecule has 0 saturated carbocycles. The molecule has 1 radical (unpaired) electrons. The summed E-state index contributed by atoms with van der Waals surface area (Å²) in [5.41, 5.74) is 0. The third kappa shape index (κ3) is 6.47. The Hall–Kier alpha value is -1.04. The highest BCUT2D eigenvalue weighted by molar-refractivity contribution is 5.05. The Morgan fingerprint density at radius 2 is 1.21 bits per heavy atom. The summed E-state index contributed by atoms with van der Waals surface area (Å²) in [5, 5.41) is 0. The average molecular weight is 187 g/mol. The molecule has 0 N–H and O–H groups in total. The second-order valence-corrected chi connectivity index (χ2v) is 3.38. The van der Waals surface area contributed by atoms with E-state index in [-0.39, 0.29) is 0 Å². The lowest BCUT2D eigenvalue weighted by molar-refractivity contribution is 0.999. The number of allylic oxidation sites excluding steroid dienone is 8. The molecule has 0 aromatic rings. The van der Waals surface area contributed by atoms with Gasteiger partial charge >= 0.3 is 0 Å². The lowest BCUT2D eigenvalue weighted by atomic mass is 10.2. The maximum atomic E-state index is 2.25. The molecule has 0 aromatic carbocycles. The zero-order chi connectivity index (χ0) is 9.90. The van der Waals surface area contributed by atoms with Crippen LogP contribution in [0.3, 0.4) is 0 Å². The van der Waals surface area contributed by atoms with Gasteiger partial charge in [0.25, 0.3) is 0 Å². The lowest BCUT2D eigenvalue weighted by Gasteiger charge is -1.91. The van der Waals surface area contributed by atoms with Gasteiger partial charge in [-0.3, -0.25) is 0 Å². The second kappa shape index (κ2) is 8.55. The SMILES string of the molecule is [CH]1/C=C/C/C=C/CC/C=C/C=C\CC1. The lowest BCUT2D eigenvalue weighted by Crippen LogP contribution is -1.71. The van der Waals surface area contributed by atoms with Crippen LogP contribution in [0.1, 0.15) is 32.1 Å². The van der Waals surface area contributed by atoms with Crippen LogP contribution in [-0.4, -0.2) is 0 Å². The minimum absolute atomic E-state index is 1.07. The van der Waals surface area contributed by atoms with Gasteiger partial charge in [-0.15, -0.1) is 0 Å². The van der Waals surface area contributed by atoms with Gasteiger partial charge in [0.05, 0.1) is 0 Å². The molecule has 1 aliphatic rings. The van der Waals surface area contributed by atoms with Crippen molar-refractivity contribution in [2.75, 3.05) is 0 Å². The molecular weight excluding hydrogens is 168 g/mol. The van der Waals surface area contributed by atoms with Crippen LogP contribution in [0.25, 0.3) is 0 Å². The van der Waals surface area contributed by atoms with E-state index in [1.807, 2.05) is 0 Å². The van der Waals surface area contributed by atoms with Crippen molar-refractivity contribution in [3.63, 3.8) is 0 Å². The molecule has 0 nitrogen and oxygen atoms in total. The van der Waals surface area contributed by atoms with Gasteiger partial charge < -0.3 is 0 Å². The van der Waals surface area contributed by atoms with Crippen molar-refractivity contribution in [1.82, 2.24) is 0 Å². The van der Waals surface area contributed by atoms with Gasteiger partial charge in [-0.05, 0) is 38.5 Å². The summed E-state index contributed by atoms with van der Waals surface area (Å²) in [6.07, 6.45) is 25.5. The predicted octanol–water partition coefficient (Wildman–Crippen LogP) is 4.38. The Labute approximate surface area is 87.7 Å². The van der Waals surface area contributed by atoms with Gasteiger partial charge in [-0.25, -0.2) is 0 Å². The zero-order valence-electron chi connectivity index (χ0n) is 8.73. The predicted molar refractivity (Wildman–Crippen MR) is 63.9 cm³/mol. The Bertz CT molecular complexity index is 228. The molecule has 0 aromatic heterocycles. The van der Waals surface area contributed by atoms with E-state index >= 15 is 0 Å². The van der Waals surface area contributed by atoms with E-state index in [9.17, 15) is 0 Å². The molecule has 0 saturated heterocycles. The van der Waals surface area contributed by atoms with E-state index in [1.165, 1.54) is 0 Å². The quantitative estimate of drug-likeness (QED) is 0.494. The minimum atomic E-state index is 1.07. The first kappa shape index (κ1) is 11.0. The van der Waals surface area contributed by atoms with Crippen LogP contribution in [-0.2, 0) is 0 Å². The molecule has 1 aliphatic carbocycles. The van der Waals surface area contributed by atoms with Crippen molar-refractivity contribution in [2.24, 2.45) is 0 Å². The summed E-state index contributed by atoms with van der Waals surface area (Å²) >= 11 is 0. The van der Waals surface area contributed by atoms with Gasteiger partial charge in [-0.1, -0.05) is 48.6 Å². The van der Waals surface area contributed by atoms with Crippen LogP contribution in [0, 0.1) is 6.42 Å². The van der Waals surface area contributed by atoms with Gasteiger partial charge in [-0.2, -0.15) is 0 Å². The number of hydrogen-bond donors (Lipinski definition) is 0. The minimum Gasteiger partial charge on any atom is -0.0879 e. The van der Waals surface area contributed by atoms with Crippen LogP contribution in [0.5, 0.6) is 0 Å². The molecule has 0 unspecified atom stereocenters.